The molecule has 1 aliphatic rings. The number of aromatic hydroxyl groups is 1. The van der Waals surface area contributed by atoms with Crippen LogP contribution >= 0.6 is 0 Å². The van der Waals surface area contributed by atoms with Crippen molar-refractivity contribution in [3.63, 3.8) is 0 Å². The number of para-hydroxylation sites is 2. The van der Waals surface area contributed by atoms with Crippen molar-refractivity contribution < 1.29 is 14.7 Å². The molecule has 1 aromatic carbocycles. The predicted octanol–water partition coefficient (Wildman–Crippen LogP) is 0.230. The molecule has 1 atom stereocenters. The lowest BCUT2D eigenvalue weighted by Gasteiger charge is -2.17. The molecule has 3 N–H and O–H groups in total. The molecule has 0 aromatic heterocycles. The summed E-state index contributed by atoms with van der Waals surface area (Å²) in [6.07, 6.45) is 0.115. The summed E-state index contributed by atoms with van der Waals surface area (Å²) in [5, 5.41) is 9.60. The number of hydrogen-bond acceptors (Lipinski definition) is 3. The van der Waals surface area contributed by atoms with Gasteiger partial charge < -0.3 is 15.7 Å². The molecular formula is C11H12N2O3. The third kappa shape index (κ3) is 1.71. The number of primary amides is 1. The van der Waals surface area contributed by atoms with Gasteiger partial charge in [-0.2, -0.15) is 0 Å². The Morgan fingerprint density at radius 2 is 2.12 bits per heavy atom. The maximum atomic E-state index is 11.6. The zero-order valence-electron chi connectivity index (χ0n) is 8.59. The van der Waals surface area contributed by atoms with Gasteiger partial charge in [0.25, 0.3) is 0 Å². The van der Waals surface area contributed by atoms with Crippen molar-refractivity contribution in [2.24, 2.45) is 11.7 Å². The van der Waals surface area contributed by atoms with Crippen LogP contribution in [0.25, 0.3) is 0 Å². The molecule has 0 radical (unpaired) electrons. The van der Waals surface area contributed by atoms with E-state index in [0.29, 0.717) is 5.69 Å². The van der Waals surface area contributed by atoms with Gasteiger partial charge >= 0.3 is 0 Å². The molecule has 1 heterocycles. The van der Waals surface area contributed by atoms with E-state index in [1.54, 1.807) is 18.2 Å². The second-order valence-electron chi connectivity index (χ2n) is 3.80. The number of nitrogens with two attached hydrogens (primary N) is 1. The van der Waals surface area contributed by atoms with E-state index in [1.165, 1.54) is 11.0 Å². The zero-order valence-corrected chi connectivity index (χ0v) is 8.59. The number of rotatable bonds is 2. The Hall–Kier alpha value is -2.04. The maximum absolute atomic E-state index is 11.6. The van der Waals surface area contributed by atoms with Gasteiger partial charge in [-0.05, 0) is 12.1 Å². The summed E-state index contributed by atoms with van der Waals surface area (Å²) in [5.41, 5.74) is 5.59. The minimum absolute atomic E-state index is 0.0287. The van der Waals surface area contributed by atoms with Crippen molar-refractivity contribution >= 4 is 17.5 Å². The smallest absolute Gasteiger partial charge is 0.227 e. The Bertz CT molecular complexity index is 445. The van der Waals surface area contributed by atoms with Crippen molar-refractivity contribution in [2.75, 3.05) is 11.4 Å². The highest BCUT2D eigenvalue weighted by atomic mass is 16.3. The molecular weight excluding hydrogens is 208 g/mol. The van der Waals surface area contributed by atoms with Gasteiger partial charge in [0.1, 0.15) is 5.75 Å². The molecule has 16 heavy (non-hydrogen) atoms. The molecule has 84 valence electrons. The number of carbonyl (C=O) groups excluding carboxylic acids is 2. The highest BCUT2D eigenvalue weighted by Crippen LogP contribution is 2.31. The van der Waals surface area contributed by atoms with Crippen LogP contribution in [0.4, 0.5) is 5.69 Å². The summed E-state index contributed by atoms with van der Waals surface area (Å²) in [7, 11) is 0. The van der Waals surface area contributed by atoms with Crippen LogP contribution in [0.1, 0.15) is 6.42 Å². The first-order valence-electron chi connectivity index (χ1n) is 4.97. The van der Waals surface area contributed by atoms with Crippen molar-refractivity contribution in [1.29, 1.82) is 0 Å². The van der Waals surface area contributed by atoms with Crippen molar-refractivity contribution in [2.45, 2.75) is 6.42 Å². The second-order valence-corrected chi connectivity index (χ2v) is 3.80. The molecule has 1 aliphatic heterocycles. The lowest BCUT2D eigenvalue weighted by atomic mass is 10.1. The lowest BCUT2D eigenvalue weighted by Crippen LogP contribution is -2.28. The summed E-state index contributed by atoms with van der Waals surface area (Å²) >= 11 is 0. The van der Waals surface area contributed by atoms with Gasteiger partial charge in [-0.15, -0.1) is 0 Å². The molecule has 1 unspecified atom stereocenters. The Morgan fingerprint density at radius 3 is 2.69 bits per heavy atom. The van der Waals surface area contributed by atoms with Crippen molar-refractivity contribution in [3.05, 3.63) is 24.3 Å². The second kappa shape index (κ2) is 3.84. The van der Waals surface area contributed by atoms with Crippen LogP contribution in [0.5, 0.6) is 5.75 Å². The zero-order chi connectivity index (χ0) is 11.7. The van der Waals surface area contributed by atoms with Crippen molar-refractivity contribution in [3.8, 4) is 5.75 Å². The van der Waals surface area contributed by atoms with E-state index in [-0.39, 0.29) is 24.6 Å². The van der Waals surface area contributed by atoms with Gasteiger partial charge in [0.15, 0.2) is 0 Å². The Kier molecular flexibility index (Phi) is 2.52. The first-order valence-corrected chi connectivity index (χ1v) is 4.97. The maximum Gasteiger partial charge on any atom is 0.227 e. The summed E-state index contributed by atoms with van der Waals surface area (Å²) in [6.45, 7) is 0.242. The average Bonchev–Trinajstić information content (AvgIpc) is 2.61. The van der Waals surface area contributed by atoms with Gasteiger partial charge in [0.2, 0.25) is 11.8 Å². The number of benzene rings is 1. The summed E-state index contributed by atoms with van der Waals surface area (Å²) in [4.78, 5) is 24.0. The van der Waals surface area contributed by atoms with Gasteiger partial charge in [-0.25, -0.2) is 0 Å². The normalized spacial score (nSPS) is 20.1. The minimum atomic E-state index is -0.480. The standard InChI is InChI=1S/C11H12N2O3/c12-11(16)7-5-10(15)13(6-7)8-3-1-2-4-9(8)14/h1-4,7,14H,5-6H2,(H2,12,16). The number of anilines is 1. The third-order valence-corrected chi connectivity index (χ3v) is 2.70. The fraction of sp³-hybridized carbons (Fsp3) is 0.273. The molecule has 2 amide bonds. The van der Waals surface area contributed by atoms with E-state index in [4.69, 9.17) is 5.73 Å². The van der Waals surface area contributed by atoms with Crippen LogP contribution in [-0.2, 0) is 9.59 Å². The molecule has 1 fully saturated rings. The van der Waals surface area contributed by atoms with E-state index in [2.05, 4.69) is 0 Å². The van der Waals surface area contributed by atoms with E-state index in [0.717, 1.165) is 0 Å². The average molecular weight is 220 g/mol. The fourth-order valence-electron chi connectivity index (χ4n) is 1.82. The molecule has 0 bridgehead atoms. The lowest BCUT2D eigenvalue weighted by molar-refractivity contribution is -0.123. The molecule has 0 aliphatic carbocycles. The van der Waals surface area contributed by atoms with Gasteiger partial charge in [0.05, 0.1) is 11.6 Å². The van der Waals surface area contributed by atoms with E-state index in [1.807, 2.05) is 0 Å². The molecule has 1 aromatic rings. The highest BCUT2D eigenvalue weighted by molar-refractivity contribution is 6.00. The Balaban J connectivity index is 2.27. The summed E-state index contributed by atoms with van der Waals surface area (Å²) in [6, 6.07) is 6.53. The van der Waals surface area contributed by atoms with Crippen molar-refractivity contribution in [1.82, 2.24) is 0 Å². The number of nitrogens with zero attached hydrogens (tertiary/aromatic N) is 1. The van der Waals surface area contributed by atoms with E-state index >= 15 is 0 Å². The summed E-state index contributed by atoms with van der Waals surface area (Å²) in [5.74, 6) is -1.11. The summed E-state index contributed by atoms with van der Waals surface area (Å²) < 4.78 is 0. The third-order valence-electron chi connectivity index (χ3n) is 2.70. The van der Waals surface area contributed by atoms with Crippen LogP contribution < -0.4 is 10.6 Å². The number of phenols is 1. The van der Waals surface area contributed by atoms with Crippen LogP contribution in [0.2, 0.25) is 0 Å². The largest absolute Gasteiger partial charge is 0.506 e. The first kappa shape index (κ1) is 10.5. The first-order chi connectivity index (χ1) is 7.59. The number of carbonyl (C=O) groups is 2. The topological polar surface area (TPSA) is 83.6 Å². The van der Waals surface area contributed by atoms with Gasteiger partial charge in [-0.1, -0.05) is 12.1 Å². The molecule has 5 heteroatoms. The number of amides is 2. The van der Waals surface area contributed by atoms with Crippen LogP contribution in [-0.4, -0.2) is 23.5 Å². The SMILES string of the molecule is NC(=O)C1CC(=O)N(c2ccccc2O)C1. The van der Waals surface area contributed by atoms with Crippen LogP contribution in [0.15, 0.2) is 24.3 Å². The van der Waals surface area contributed by atoms with Gasteiger partial charge in [-0.3, -0.25) is 9.59 Å². The Morgan fingerprint density at radius 1 is 1.44 bits per heavy atom. The predicted molar refractivity (Wildman–Crippen MR) is 57.8 cm³/mol. The van der Waals surface area contributed by atoms with Gasteiger partial charge in [0, 0.05) is 13.0 Å². The molecule has 0 spiro atoms. The van der Waals surface area contributed by atoms with Crippen LogP contribution in [0, 0.1) is 5.92 Å². The van der Waals surface area contributed by atoms with E-state index < -0.39 is 11.8 Å². The molecule has 2 rings (SSSR count). The van der Waals surface area contributed by atoms with E-state index in [9.17, 15) is 14.7 Å². The minimum Gasteiger partial charge on any atom is -0.506 e. The van der Waals surface area contributed by atoms with Crippen LogP contribution in [0.3, 0.4) is 0 Å². The Labute approximate surface area is 92.5 Å². The molecule has 0 saturated carbocycles. The quantitative estimate of drug-likeness (QED) is 0.748. The highest BCUT2D eigenvalue weighted by Gasteiger charge is 2.34. The molecule has 5 nitrogen and oxygen atoms in total. The fourth-order valence-corrected chi connectivity index (χ4v) is 1.82. The number of phenolic OH excluding ortho intramolecular Hbond substituents is 1. The molecule has 1 saturated heterocycles. The number of hydrogen-bond donors (Lipinski definition) is 2. The monoisotopic (exact) mass is 220 g/mol.